The van der Waals surface area contributed by atoms with E-state index in [1.54, 1.807) is 6.92 Å². The van der Waals surface area contributed by atoms with Gasteiger partial charge in [-0.25, -0.2) is 8.78 Å². The van der Waals surface area contributed by atoms with Crippen LogP contribution in [0.1, 0.15) is 30.3 Å². The van der Waals surface area contributed by atoms with E-state index in [0.717, 1.165) is 0 Å². The summed E-state index contributed by atoms with van der Waals surface area (Å²) in [5.74, 6) is 0.789. The van der Waals surface area contributed by atoms with Crippen LogP contribution in [0.5, 0.6) is 0 Å². The molecule has 0 radical (unpaired) electrons. The molecule has 1 aliphatic heterocycles. The van der Waals surface area contributed by atoms with Gasteiger partial charge >= 0.3 is 0 Å². The summed E-state index contributed by atoms with van der Waals surface area (Å²) in [6, 6.07) is 0. The molecule has 22 heavy (non-hydrogen) atoms. The summed E-state index contributed by atoms with van der Waals surface area (Å²) in [6.45, 7) is 1.69. The number of carbonyl (C=O) groups is 1. The average Bonchev–Trinajstić information content (AvgIpc) is 3.06. The van der Waals surface area contributed by atoms with Gasteiger partial charge in [-0.2, -0.15) is 10.1 Å². The lowest BCUT2D eigenvalue weighted by molar-refractivity contribution is -0.122. The first-order valence-corrected chi connectivity index (χ1v) is 6.96. The van der Waals surface area contributed by atoms with Crippen LogP contribution in [0.3, 0.4) is 0 Å². The third-order valence-electron chi connectivity index (χ3n) is 3.57. The number of amides is 1. The van der Waals surface area contributed by atoms with Crippen molar-refractivity contribution in [2.24, 2.45) is 0 Å². The number of piperidine rings is 1. The van der Waals surface area contributed by atoms with Gasteiger partial charge in [0.05, 0.1) is 11.3 Å². The van der Waals surface area contributed by atoms with Gasteiger partial charge in [0.2, 0.25) is 5.91 Å². The third kappa shape index (κ3) is 2.97. The van der Waals surface area contributed by atoms with E-state index in [0.29, 0.717) is 36.5 Å². The lowest BCUT2D eigenvalue weighted by Gasteiger charge is -2.18. The lowest BCUT2D eigenvalue weighted by Crippen LogP contribution is -2.34. The Kier molecular flexibility index (Phi) is 3.86. The molecule has 0 aliphatic carbocycles. The first kappa shape index (κ1) is 14.6. The lowest BCUT2D eigenvalue weighted by atomic mass is 9.99. The number of halogens is 2. The largest absolute Gasteiger partial charge is 0.355 e. The van der Waals surface area contributed by atoms with E-state index in [9.17, 15) is 13.6 Å². The maximum absolute atomic E-state index is 12.4. The highest BCUT2D eigenvalue weighted by Crippen LogP contribution is 2.26. The summed E-state index contributed by atoms with van der Waals surface area (Å²) >= 11 is 0. The number of hydrogen-bond donors (Lipinski definition) is 1. The zero-order valence-corrected chi connectivity index (χ0v) is 11.9. The van der Waals surface area contributed by atoms with Crippen molar-refractivity contribution in [3.8, 4) is 11.5 Å². The Morgan fingerprint density at radius 3 is 3.05 bits per heavy atom. The number of aromatic nitrogens is 4. The van der Waals surface area contributed by atoms with Crippen molar-refractivity contribution in [2.45, 2.75) is 38.7 Å². The Bertz CT molecular complexity index is 672. The Labute approximate surface area is 124 Å². The number of nitrogens with one attached hydrogen (secondary N) is 1. The van der Waals surface area contributed by atoms with Crippen molar-refractivity contribution in [1.82, 2.24) is 25.2 Å². The Morgan fingerprint density at radius 1 is 1.55 bits per heavy atom. The highest BCUT2D eigenvalue weighted by atomic mass is 19.3. The van der Waals surface area contributed by atoms with E-state index in [2.05, 4.69) is 20.6 Å². The summed E-state index contributed by atoms with van der Waals surface area (Å²) in [4.78, 5) is 15.5. The van der Waals surface area contributed by atoms with Crippen LogP contribution in [0.2, 0.25) is 0 Å². The van der Waals surface area contributed by atoms with E-state index >= 15 is 0 Å². The van der Waals surface area contributed by atoms with Crippen molar-refractivity contribution in [2.75, 3.05) is 6.54 Å². The minimum absolute atomic E-state index is 0.00613. The summed E-state index contributed by atoms with van der Waals surface area (Å²) in [7, 11) is 0. The number of carbonyl (C=O) groups excluding carboxylic acids is 1. The van der Waals surface area contributed by atoms with Crippen LogP contribution in [0.4, 0.5) is 8.78 Å². The standard InChI is InChI=1S/C13H15F2N5O2/c1-7-9(5-20(18-7)6-10(14)15)13-17-12(19-22-13)8-2-3-11(21)16-4-8/h5,8,10H,2-4,6H2,1H3,(H,16,21)/t8-/m0/s1. The SMILES string of the molecule is Cc1nn(CC(F)F)cc1-c1nc([C@H]2CCC(=O)NC2)no1. The molecule has 1 N–H and O–H groups in total. The minimum atomic E-state index is -2.48. The van der Waals surface area contributed by atoms with Crippen LogP contribution in [0.25, 0.3) is 11.5 Å². The number of hydrogen-bond acceptors (Lipinski definition) is 5. The molecule has 0 spiro atoms. The number of nitrogens with zero attached hydrogens (tertiary/aromatic N) is 4. The second kappa shape index (κ2) is 5.82. The van der Waals surface area contributed by atoms with Gasteiger partial charge in [0.1, 0.15) is 6.54 Å². The quantitative estimate of drug-likeness (QED) is 0.925. The van der Waals surface area contributed by atoms with E-state index in [1.807, 2.05) is 0 Å². The van der Waals surface area contributed by atoms with E-state index < -0.39 is 13.0 Å². The van der Waals surface area contributed by atoms with Crippen molar-refractivity contribution in [3.05, 3.63) is 17.7 Å². The molecule has 1 saturated heterocycles. The molecule has 0 unspecified atom stereocenters. The molecule has 1 aliphatic rings. The summed E-state index contributed by atoms with van der Waals surface area (Å²) in [5, 5.41) is 10.7. The zero-order chi connectivity index (χ0) is 15.7. The normalized spacial score (nSPS) is 18.7. The van der Waals surface area contributed by atoms with Crippen molar-refractivity contribution < 1.29 is 18.1 Å². The molecule has 0 bridgehead atoms. The molecule has 1 fully saturated rings. The molecule has 9 heteroatoms. The van der Waals surface area contributed by atoms with Crippen LogP contribution in [-0.4, -0.2) is 38.8 Å². The first-order valence-electron chi connectivity index (χ1n) is 6.96. The fraction of sp³-hybridized carbons (Fsp3) is 0.538. The van der Waals surface area contributed by atoms with Gasteiger partial charge in [-0.1, -0.05) is 5.16 Å². The zero-order valence-electron chi connectivity index (χ0n) is 11.9. The van der Waals surface area contributed by atoms with Crippen LogP contribution in [0, 0.1) is 6.92 Å². The van der Waals surface area contributed by atoms with Gasteiger partial charge in [-0.05, 0) is 13.3 Å². The number of rotatable bonds is 4. The highest BCUT2D eigenvalue weighted by Gasteiger charge is 2.25. The molecular weight excluding hydrogens is 296 g/mol. The average molecular weight is 311 g/mol. The molecule has 3 rings (SSSR count). The van der Waals surface area contributed by atoms with Crippen LogP contribution >= 0.6 is 0 Å². The second-order valence-corrected chi connectivity index (χ2v) is 5.24. The Balaban J connectivity index is 1.78. The summed E-state index contributed by atoms with van der Waals surface area (Å²) < 4.78 is 31.2. The van der Waals surface area contributed by atoms with E-state index in [4.69, 9.17) is 4.52 Å². The molecule has 0 aromatic carbocycles. The van der Waals surface area contributed by atoms with Gasteiger partial charge in [0.25, 0.3) is 12.3 Å². The monoisotopic (exact) mass is 311 g/mol. The highest BCUT2D eigenvalue weighted by molar-refractivity contribution is 5.76. The number of aryl methyl sites for hydroxylation is 1. The minimum Gasteiger partial charge on any atom is -0.355 e. The van der Waals surface area contributed by atoms with Gasteiger partial charge in [0.15, 0.2) is 5.82 Å². The molecule has 118 valence electrons. The summed E-state index contributed by atoms with van der Waals surface area (Å²) in [5.41, 5.74) is 1.09. The summed E-state index contributed by atoms with van der Waals surface area (Å²) in [6.07, 6.45) is 0.0895. The second-order valence-electron chi connectivity index (χ2n) is 5.24. The molecule has 7 nitrogen and oxygen atoms in total. The topological polar surface area (TPSA) is 85.8 Å². The molecule has 2 aromatic heterocycles. The van der Waals surface area contributed by atoms with Crippen LogP contribution < -0.4 is 5.32 Å². The molecule has 1 amide bonds. The number of alkyl halides is 2. The molecular formula is C13H15F2N5O2. The van der Waals surface area contributed by atoms with Gasteiger partial charge < -0.3 is 9.84 Å². The fourth-order valence-electron chi connectivity index (χ4n) is 2.43. The van der Waals surface area contributed by atoms with Crippen molar-refractivity contribution >= 4 is 5.91 Å². The third-order valence-corrected chi connectivity index (χ3v) is 3.57. The maximum Gasteiger partial charge on any atom is 0.261 e. The predicted octanol–water partition coefficient (Wildman–Crippen LogP) is 1.50. The van der Waals surface area contributed by atoms with Crippen LogP contribution in [0.15, 0.2) is 10.7 Å². The Morgan fingerprint density at radius 2 is 2.36 bits per heavy atom. The van der Waals surface area contributed by atoms with Gasteiger partial charge in [0, 0.05) is 25.1 Å². The van der Waals surface area contributed by atoms with Crippen molar-refractivity contribution in [3.63, 3.8) is 0 Å². The maximum atomic E-state index is 12.4. The first-order chi connectivity index (χ1) is 10.5. The smallest absolute Gasteiger partial charge is 0.261 e. The fourth-order valence-corrected chi connectivity index (χ4v) is 2.43. The van der Waals surface area contributed by atoms with E-state index in [1.165, 1.54) is 10.9 Å². The predicted molar refractivity (Wildman–Crippen MR) is 71.2 cm³/mol. The van der Waals surface area contributed by atoms with E-state index in [-0.39, 0.29) is 17.7 Å². The molecule has 3 heterocycles. The molecule has 2 aromatic rings. The van der Waals surface area contributed by atoms with Crippen molar-refractivity contribution in [1.29, 1.82) is 0 Å². The van der Waals surface area contributed by atoms with Gasteiger partial charge in [-0.3, -0.25) is 9.48 Å². The molecule has 0 saturated carbocycles. The molecule has 1 atom stereocenters. The Hall–Kier alpha value is -2.32. The van der Waals surface area contributed by atoms with Crippen LogP contribution in [-0.2, 0) is 11.3 Å². The van der Waals surface area contributed by atoms with Gasteiger partial charge in [-0.15, -0.1) is 0 Å².